The molecule has 0 amide bonds. The van der Waals surface area contributed by atoms with E-state index in [9.17, 15) is 5.11 Å². The lowest BCUT2D eigenvalue weighted by Crippen LogP contribution is -2.46. The van der Waals surface area contributed by atoms with E-state index < -0.39 is 0 Å². The topological polar surface area (TPSA) is 50.7 Å². The van der Waals surface area contributed by atoms with Crippen LogP contribution in [0.2, 0.25) is 0 Å². The lowest BCUT2D eigenvalue weighted by atomic mass is 9.96. The van der Waals surface area contributed by atoms with Crippen LogP contribution < -0.4 is 14.8 Å². The summed E-state index contributed by atoms with van der Waals surface area (Å²) in [5.41, 5.74) is -0.321. The molecule has 0 saturated carbocycles. The second kappa shape index (κ2) is 6.61. The second-order valence-electron chi connectivity index (χ2n) is 4.78. The van der Waals surface area contributed by atoms with Crippen LogP contribution in [0, 0.1) is 0 Å². The van der Waals surface area contributed by atoms with Crippen LogP contribution in [0.4, 0.5) is 0 Å². The second-order valence-corrected chi connectivity index (χ2v) is 4.78. The van der Waals surface area contributed by atoms with Crippen molar-refractivity contribution in [3.05, 3.63) is 24.3 Å². The molecule has 0 heterocycles. The van der Waals surface area contributed by atoms with Gasteiger partial charge in [0.15, 0.2) is 0 Å². The Hall–Kier alpha value is -1.26. The van der Waals surface area contributed by atoms with Gasteiger partial charge in [0.25, 0.3) is 0 Å². The summed E-state index contributed by atoms with van der Waals surface area (Å²) in [7, 11) is 3.47. The van der Waals surface area contributed by atoms with E-state index in [0.717, 1.165) is 17.9 Å². The van der Waals surface area contributed by atoms with Crippen molar-refractivity contribution in [2.45, 2.75) is 31.9 Å². The number of benzene rings is 1. The van der Waals surface area contributed by atoms with Crippen LogP contribution in [-0.2, 0) is 0 Å². The molecule has 0 aromatic heterocycles. The largest absolute Gasteiger partial charge is 0.497 e. The number of aliphatic hydroxyl groups excluding tert-OH is 1. The van der Waals surface area contributed by atoms with E-state index >= 15 is 0 Å². The molecule has 4 nitrogen and oxygen atoms in total. The van der Waals surface area contributed by atoms with Crippen LogP contribution in [0.25, 0.3) is 0 Å². The SMILES string of the molecule is CNC(C)(CO)CC(C)Oc1cccc(OC)c1. The first-order valence-corrected chi connectivity index (χ1v) is 6.13. The van der Waals surface area contributed by atoms with Crippen molar-refractivity contribution in [3.8, 4) is 11.5 Å². The van der Waals surface area contributed by atoms with Crippen LogP contribution in [0.3, 0.4) is 0 Å². The van der Waals surface area contributed by atoms with Crippen LogP contribution in [0.5, 0.6) is 11.5 Å². The Morgan fingerprint density at radius 3 is 2.61 bits per heavy atom. The summed E-state index contributed by atoms with van der Waals surface area (Å²) in [6.07, 6.45) is 0.721. The molecular weight excluding hydrogens is 230 g/mol. The fraction of sp³-hybridized carbons (Fsp3) is 0.571. The summed E-state index contributed by atoms with van der Waals surface area (Å²) in [6.45, 7) is 4.04. The van der Waals surface area contributed by atoms with Crippen LogP contribution in [0.1, 0.15) is 20.3 Å². The number of likely N-dealkylation sites (N-methyl/N-ethyl adjacent to an activating group) is 1. The van der Waals surface area contributed by atoms with Gasteiger partial charge in [-0.05, 0) is 33.0 Å². The monoisotopic (exact) mass is 253 g/mol. The van der Waals surface area contributed by atoms with Gasteiger partial charge in [-0.3, -0.25) is 0 Å². The lowest BCUT2D eigenvalue weighted by molar-refractivity contribution is 0.115. The van der Waals surface area contributed by atoms with Gasteiger partial charge < -0.3 is 19.9 Å². The molecular formula is C14H23NO3. The van der Waals surface area contributed by atoms with Crippen LogP contribution in [-0.4, -0.2) is 37.5 Å². The zero-order valence-electron chi connectivity index (χ0n) is 11.6. The molecule has 1 aromatic rings. The van der Waals surface area contributed by atoms with Gasteiger partial charge in [0.05, 0.1) is 19.8 Å². The summed E-state index contributed by atoms with van der Waals surface area (Å²) in [5.74, 6) is 1.55. The zero-order valence-corrected chi connectivity index (χ0v) is 11.6. The summed E-state index contributed by atoms with van der Waals surface area (Å²) in [6, 6.07) is 7.52. The van der Waals surface area contributed by atoms with Gasteiger partial charge >= 0.3 is 0 Å². The summed E-state index contributed by atoms with van der Waals surface area (Å²) in [5, 5.41) is 12.5. The number of rotatable bonds is 7. The van der Waals surface area contributed by atoms with E-state index in [1.807, 2.05) is 45.2 Å². The average Bonchev–Trinajstić information content (AvgIpc) is 2.38. The van der Waals surface area contributed by atoms with Gasteiger partial charge in [0.1, 0.15) is 11.5 Å². The summed E-state index contributed by atoms with van der Waals surface area (Å²) in [4.78, 5) is 0. The van der Waals surface area contributed by atoms with Crippen molar-refractivity contribution in [2.75, 3.05) is 20.8 Å². The van der Waals surface area contributed by atoms with Gasteiger partial charge in [0.2, 0.25) is 0 Å². The molecule has 0 saturated heterocycles. The van der Waals surface area contributed by atoms with Gasteiger partial charge in [0, 0.05) is 18.0 Å². The first-order valence-electron chi connectivity index (χ1n) is 6.13. The van der Waals surface area contributed by atoms with Crippen LogP contribution in [0.15, 0.2) is 24.3 Å². The maximum atomic E-state index is 9.34. The standard InChI is InChI=1S/C14H23NO3/c1-11(9-14(2,10-16)15-3)18-13-7-5-6-12(8-13)17-4/h5-8,11,15-16H,9-10H2,1-4H3. The minimum absolute atomic E-state index is 0.00158. The first-order chi connectivity index (χ1) is 8.53. The minimum atomic E-state index is -0.321. The van der Waals surface area contributed by atoms with E-state index in [0.29, 0.717) is 0 Å². The fourth-order valence-corrected chi connectivity index (χ4v) is 1.83. The molecule has 1 aromatic carbocycles. The van der Waals surface area contributed by atoms with Crippen molar-refractivity contribution >= 4 is 0 Å². The maximum absolute atomic E-state index is 9.34. The number of hydrogen-bond donors (Lipinski definition) is 2. The molecule has 2 unspecified atom stereocenters. The van der Waals surface area contributed by atoms with Crippen LogP contribution >= 0.6 is 0 Å². The van der Waals surface area contributed by atoms with E-state index in [1.165, 1.54) is 0 Å². The molecule has 1 rings (SSSR count). The van der Waals surface area contributed by atoms with E-state index in [1.54, 1.807) is 7.11 Å². The molecule has 18 heavy (non-hydrogen) atoms. The highest BCUT2D eigenvalue weighted by molar-refractivity contribution is 5.32. The summed E-state index contributed by atoms with van der Waals surface area (Å²) < 4.78 is 11.0. The third kappa shape index (κ3) is 4.20. The van der Waals surface area contributed by atoms with E-state index in [2.05, 4.69) is 5.32 Å². The smallest absolute Gasteiger partial charge is 0.123 e. The van der Waals surface area contributed by atoms with Crippen molar-refractivity contribution in [3.63, 3.8) is 0 Å². The molecule has 102 valence electrons. The molecule has 0 aliphatic carbocycles. The Balaban J connectivity index is 2.61. The number of aliphatic hydroxyl groups is 1. The highest BCUT2D eigenvalue weighted by Gasteiger charge is 2.24. The molecule has 2 N–H and O–H groups in total. The third-order valence-electron chi connectivity index (χ3n) is 3.07. The van der Waals surface area contributed by atoms with Crippen molar-refractivity contribution in [1.29, 1.82) is 0 Å². The Bertz CT molecular complexity index is 364. The Kier molecular flexibility index (Phi) is 5.44. The Labute approximate surface area is 109 Å². The maximum Gasteiger partial charge on any atom is 0.123 e. The average molecular weight is 253 g/mol. The predicted octanol–water partition coefficient (Wildman–Crippen LogP) is 1.82. The lowest BCUT2D eigenvalue weighted by Gasteiger charge is -2.30. The Morgan fingerprint density at radius 2 is 2.06 bits per heavy atom. The normalized spacial score (nSPS) is 15.8. The van der Waals surface area contributed by atoms with E-state index in [4.69, 9.17) is 9.47 Å². The van der Waals surface area contributed by atoms with Gasteiger partial charge in [-0.25, -0.2) is 0 Å². The van der Waals surface area contributed by atoms with Crippen molar-refractivity contribution < 1.29 is 14.6 Å². The number of hydrogen-bond acceptors (Lipinski definition) is 4. The number of methoxy groups -OCH3 is 1. The molecule has 0 radical (unpaired) electrons. The molecule has 0 fully saturated rings. The fourth-order valence-electron chi connectivity index (χ4n) is 1.83. The predicted molar refractivity (Wildman–Crippen MR) is 72.3 cm³/mol. The Morgan fingerprint density at radius 1 is 1.39 bits per heavy atom. The van der Waals surface area contributed by atoms with Gasteiger partial charge in [-0.1, -0.05) is 6.07 Å². The van der Waals surface area contributed by atoms with Crippen molar-refractivity contribution in [1.82, 2.24) is 5.32 Å². The van der Waals surface area contributed by atoms with Gasteiger partial charge in [-0.2, -0.15) is 0 Å². The van der Waals surface area contributed by atoms with E-state index in [-0.39, 0.29) is 18.2 Å². The molecule has 4 heteroatoms. The zero-order chi connectivity index (χ0) is 13.6. The number of ether oxygens (including phenoxy) is 2. The molecule has 0 aliphatic heterocycles. The quantitative estimate of drug-likeness (QED) is 0.778. The number of nitrogens with one attached hydrogen (secondary N) is 1. The molecule has 0 aliphatic rings. The molecule has 0 bridgehead atoms. The van der Waals surface area contributed by atoms with Gasteiger partial charge in [-0.15, -0.1) is 0 Å². The minimum Gasteiger partial charge on any atom is -0.497 e. The molecule has 0 spiro atoms. The highest BCUT2D eigenvalue weighted by Crippen LogP contribution is 2.22. The third-order valence-corrected chi connectivity index (χ3v) is 3.07. The molecule has 2 atom stereocenters. The van der Waals surface area contributed by atoms with Crippen molar-refractivity contribution in [2.24, 2.45) is 0 Å². The highest BCUT2D eigenvalue weighted by atomic mass is 16.5. The summed E-state index contributed by atoms with van der Waals surface area (Å²) >= 11 is 0. The first kappa shape index (κ1) is 14.8.